The molecule has 10 rings (SSSR count). The summed E-state index contributed by atoms with van der Waals surface area (Å²) in [5.74, 6) is 0. The first-order chi connectivity index (χ1) is 23.7. The number of rotatable bonds is 2. The summed E-state index contributed by atoms with van der Waals surface area (Å²) in [5.41, 5.74) is 12.2. The molecule has 234 valence electrons. The van der Waals surface area contributed by atoms with Crippen LogP contribution in [0.1, 0.15) is 51.3 Å². The molecule has 1 aliphatic carbocycles. The highest BCUT2D eigenvalue weighted by atomic mass is 14.4. The summed E-state index contributed by atoms with van der Waals surface area (Å²) >= 11 is 0. The van der Waals surface area contributed by atoms with Gasteiger partial charge in [0.05, 0.1) is 0 Å². The van der Waals surface area contributed by atoms with Gasteiger partial charge in [-0.3, -0.25) is 0 Å². The second-order valence-corrected chi connectivity index (χ2v) is 15.8. The van der Waals surface area contributed by atoms with Gasteiger partial charge in [0.25, 0.3) is 0 Å². The predicted molar refractivity (Wildman–Crippen MR) is 212 cm³/mol. The van der Waals surface area contributed by atoms with Gasteiger partial charge < -0.3 is 0 Å². The van der Waals surface area contributed by atoms with Crippen molar-refractivity contribution in [3.8, 4) is 33.4 Å². The molecule has 0 aromatic heterocycles. The standard InChI is InChI=1S/C49H38/c1-48(2,3)35-19-22-40-39-20-18-32(27-44(39)49(4,5)45(40)28-35)31-15-13-29-14-16-33(26-34(29)25-31)36-23-24-43-38-11-7-6-10-37(38)41-12-8-9-30-17-21-42(36)47(43)46(30)41/h6-28H,1-5H3. The SMILES string of the molecule is CC(C)(C)c1ccc2c(c1)C(C)(C)c1cc(-c3ccc4ccc(-c5ccc6c7ccccc7c7cccc8ccc5c6c87)cc4c3)ccc1-2. The van der Waals surface area contributed by atoms with Gasteiger partial charge in [0, 0.05) is 5.41 Å². The fourth-order valence-electron chi connectivity index (χ4n) is 8.85. The van der Waals surface area contributed by atoms with Crippen LogP contribution in [0.2, 0.25) is 0 Å². The van der Waals surface area contributed by atoms with Crippen molar-refractivity contribution in [2.75, 3.05) is 0 Å². The van der Waals surface area contributed by atoms with Crippen molar-refractivity contribution in [2.45, 2.75) is 45.4 Å². The lowest BCUT2D eigenvalue weighted by Crippen LogP contribution is -2.17. The van der Waals surface area contributed by atoms with E-state index in [0.717, 1.165) is 0 Å². The molecule has 9 aromatic carbocycles. The van der Waals surface area contributed by atoms with Gasteiger partial charge in [-0.2, -0.15) is 0 Å². The Labute approximate surface area is 288 Å². The van der Waals surface area contributed by atoms with E-state index in [1.807, 2.05) is 0 Å². The van der Waals surface area contributed by atoms with Crippen LogP contribution in [0.4, 0.5) is 0 Å². The van der Waals surface area contributed by atoms with Crippen molar-refractivity contribution in [3.63, 3.8) is 0 Å². The van der Waals surface area contributed by atoms with Gasteiger partial charge >= 0.3 is 0 Å². The first-order valence-corrected chi connectivity index (χ1v) is 17.6. The molecule has 0 nitrogen and oxygen atoms in total. The average Bonchev–Trinajstić information content (AvgIpc) is 3.35. The first-order valence-electron chi connectivity index (χ1n) is 17.6. The highest BCUT2D eigenvalue weighted by Crippen LogP contribution is 2.51. The Morgan fingerprint density at radius 3 is 1.73 bits per heavy atom. The minimum absolute atomic E-state index is 0.0493. The Balaban J connectivity index is 1.10. The molecule has 0 saturated carbocycles. The van der Waals surface area contributed by atoms with E-state index in [-0.39, 0.29) is 10.8 Å². The smallest absolute Gasteiger partial charge is 0.0159 e. The van der Waals surface area contributed by atoms with Crippen LogP contribution in [0.3, 0.4) is 0 Å². The highest BCUT2D eigenvalue weighted by molar-refractivity contribution is 6.35. The third kappa shape index (κ3) is 4.04. The molecule has 0 spiro atoms. The third-order valence-electron chi connectivity index (χ3n) is 11.6. The Hall–Kier alpha value is -5.46. The zero-order chi connectivity index (χ0) is 33.2. The van der Waals surface area contributed by atoms with Gasteiger partial charge in [-0.25, -0.2) is 0 Å². The Kier molecular flexibility index (Phi) is 5.71. The summed E-state index contributed by atoms with van der Waals surface area (Å²) in [6.07, 6.45) is 0. The Bertz CT molecular complexity index is 2820. The molecule has 0 aliphatic heterocycles. The highest BCUT2D eigenvalue weighted by Gasteiger charge is 2.36. The summed E-state index contributed by atoms with van der Waals surface area (Å²) < 4.78 is 0. The van der Waals surface area contributed by atoms with Gasteiger partial charge in [-0.15, -0.1) is 0 Å². The fraction of sp³-hybridized carbons (Fsp3) is 0.143. The molecule has 9 aromatic rings. The van der Waals surface area contributed by atoms with E-state index in [9.17, 15) is 0 Å². The van der Waals surface area contributed by atoms with Crippen LogP contribution in [0.25, 0.3) is 87.2 Å². The minimum atomic E-state index is -0.0493. The Morgan fingerprint density at radius 1 is 0.388 bits per heavy atom. The van der Waals surface area contributed by atoms with Crippen LogP contribution in [0.5, 0.6) is 0 Å². The zero-order valence-corrected chi connectivity index (χ0v) is 28.8. The molecule has 0 atom stereocenters. The van der Waals surface area contributed by atoms with Crippen molar-refractivity contribution in [2.24, 2.45) is 0 Å². The summed E-state index contributed by atoms with van der Waals surface area (Å²) in [6, 6.07) is 53.1. The van der Waals surface area contributed by atoms with Crippen molar-refractivity contribution in [3.05, 3.63) is 156 Å². The molecule has 49 heavy (non-hydrogen) atoms. The summed E-state index contributed by atoms with van der Waals surface area (Å²) in [4.78, 5) is 0. The van der Waals surface area contributed by atoms with E-state index >= 15 is 0 Å². The quantitative estimate of drug-likeness (QED) is 0.132. The normalized spacial score (nSPS) is 14.0. The van der Waals surface area contributed by atoms with E-state index in [0.29, 0.717) is 0 Å². The summed E-state index contributed by atoms with van der Waals surface area (Å²) in [5, 5.41) is 13.2. The van der Waals surface area contributed by atoms with Crippen LogP contribution >= 0.6 is 0 Å². The first kappa shape index (κ1) is 28.5. The third-order valence-corrected chi connectivity index (χ3v) is 11.6. The van der Waals surface area contributed by atoms with Gasteiger partial charge in [-0.1, -0.05) is 156 Å². The van der Waals surface area contributed by atoms with Crippen LogP contribution < -0.4 is 0 Å². The van der Waals surface area contributed by atoms with E-state index < -0.39 is 0 Å². The zero-order valence-electron chi connectivity index (χ0n) is 28.8. The van der Waals surface area contributed by atoms with Gasteiger partial charge in [0.2, 0.25) is 0 Å². The molecule has 0 radical (unpaired) electrons. The Morgan fingerprint density at radius 2 is 0.959 bits per heavy atom. The van der Waals surface area contributed by atoms with Crippen molar-refractivity contribution in [1.29, 1.82) is 0 Å². The second kappa shape index (κ2) is 9.80. The molecular weight excluding hydrogens is 589 g/mol. The van der Waals surface area contributed by atoms with E-state index in [1.54, 1.807) is 0 Å². The van der Waals surface area contributed by atoms with Gasteiger partial charge in [0.1, 0.15) is 0 Å². The molecule has 0 heteroatoms. The number of fused-ring (bicyclic) bond motifs is 7. The molecule has 0 heterocycles. The maximum atomic E-state index is 2.45. The van der Waals surface area contributed by atoms with E-state index in [4.69, 9.17) is 0 Å². The lowest BCUT2D eigenvalue weighted by atomic mass is 9.78. The lowest BCUT2D eigenvalue weighted by molar-refractivity contribution is 0.584. The lowest BCUT2D eigenvalue weighted by Gasteiger charge is -2.25. The monoisotopic (exact) mass is 626 g/mol. The predicted octanol–water partition coefficient (Wildman–Crippen LogP) is 13.8. The topological polar surface area (TPSA) is 0 Å². The molecule has 0 N–H and O–H groups in total. The van der Waals surface area contributed by atoms with Crippen molar-refractivity contribution < 1.29 is 0 Å². The average molecular weight is 627 g/mol. The molecule has 0 amide bonds. The summed E-state index contributed by atoms with van der Waals surface area (Å²) in [7, 11) is 0. The number of benzene rings is 9. The molecule has 0 bridgehead atoms. The van der Waals surface area contributed by atoms with E-state index in [1.165, 1.54) is 104 Å². The molecule has 0 fully saturated rings. The number of hydrogen-bond donors (Lipinski definition) is 0. The van der Waals surface area contributed by atoms with Gasteiger partial charge in [0.15, 0.2) is 0 Å². The molecule has 0 saturated heterocycles. The largest absolute Gasteiger partial charge is 0.0616 e. The fourth-order valence-corrected chi connectivity index (χ4v) is 8.85. The maximum Gasteiger partial charge on any atom is 0.0159 e. The van der Waals surface area contributed by atoms with Gasteiger partial charge in [-0.05, 0) is 128 Å². The van der Waals surface area contributed by atoms with Crippen molar-refractivity contribution in [1.82, 2.24) is 0 Å². The molecule has 1 aliphatic rings. The van der Waals surface area contributed by atoms with Crippen molar-refractivity contribution >= 4 is 53.9 Å². The maximum absolute atomic E-state index is 2.45. The van der Waals surface area contributed by atoms with Crippen LogP contribution in [0.15, 0.2) is 140 Å². The molecule has 0 unspecified atom stereocenters. The van der Waals surface area contributed by atoms with Crippen LogP contribution in [-0.2, 0) is 10.8 Å². The minimum Gasteiger partial charge on any atom is -0.0616 e. The van der Waals surface area contributed by atoms with E-state index in [2.05, 4.69) is 174 Å². The second-order valence-electron chi connectivity index (χ2n) is 15.8. The molecular formula is C49H38. The number of hydrogen-bond acceptors (Lipinski definition) is 0. The van der Waals surface area contributed by atoms with Crippen LogP contribution in [-0.4, -0.2) is 0 Å². The van der Waals surface area contributed by atoms with Crippen LogP contribution in [0, 0.1) is 0 Å². The summed E-state index contributed by atoms with van der Waals surface area (Å²) in [6.45, 7) is 11.7.